The Morgan fingerprint density at radius 2 is 1.37 bits per heavy atom. The maximum atomic E-state index is 5.87. The van der Waals surface area contributed by atoms with Crippen molar-refractivity contribution in [2.24, 2.45) is 0 Å². The van der Waals surface area contributed by atoms with E-state index in [0.29, 0.717) is 40.2 Å². The predicted octanol–water partition coefficient (Wildman–Crippen LogP) is 5.26. The summed E-state index contributed by atoms with van der Waals surface area (Å²) >= 11 is 5.51. The van der Waals surface area contributed by atoms with Crippen molar-refractivity contribution in [2.45, 2.75) is 12.7 Å². The van der Waals surface area contributed by atoms with Crippen LogP contribution in [0, 0.1) is 4.84 Å². The second kappa shape index (κ2) is 11.8. The number of piperazine rings is 1. The van der Waals surface area contributed by atoms with Crippen molar-refractivity contribution < 1.29 is 18.6 Å². The van der Waals surface area contributed by atoms with Crippen LogP contribution in [0.1, 0.15) is 17.2 Å². The average molecular weight is 533 g/mol. The van der Waals surface area contributed by atoms with E-state index < -0.39 is 0 Å². The summed E-state index contributed by atoms with van der Waals surface area (Å²) in [5.41, 5.74) is 3.31. The highest BCUT2D eigenvalue weighted by atomic mass is 32.1. The molecule has 0 radical (unpaired) electrons. The highest BCUT2D eigenvalue weighted by molar-refractivity contribution is 7.71. The van der Waals surface area contributed by atoms with E-state index in [-0.39, 0.29) is 6.04 Å². The Balaban J connectivity index is 1.30. The number of ether oxygens (including phenoxy) is 3. The van der Waals surface area contributed by atoms with E-state index in [1.807, 2.05) is 0 Å². The molecule has 0 bridgehead atoms. The number of hydrogen-bond acceptors (Lipinski definition) is 8. The van der Waals surface area contributed by atoms with Gasteiger partial charge in [-0.05, 0) is 35.5 Å². The Bertz CT molecular complexity index is 1330. The molecular formula is C29H32N4O4S. The quantitative estimate of drug-likeness (QED) is 0.271. The predicted molar refractivity (Wildman–Crippen MR) is 148 cm³/mol. The van der Waals surface area contributed by atoms with E-state index in [9.17, 15) is 0 Å². The molecule has 0 unspecified atom stereocenters. The lowest BCUT2D eigenvalue weighted by atomic mass is 9.96. The zero-order valence-electron chi connectivity index (χ0n) is 21.9. The molecule has 1 fully saturated rings. The Morgan fingerprint density at radius 3 is 1.87 bits per heavy atom. The number of benzene rings is 3. The molecule has 1 aromatic heterocycles. The molecule has 198 valence electrons. The van der Waals surface area contributed by atoms with E-state index in [1.54, 1.807) is 38.1 Å². The third-order valence-electron chi connectivity index (χ3n) is 6.85. The summed E-state index contributed by atoms with van der Waals surface area (Å²) < 4.78 is 24.0. The standard InChI is InChI=1S/C29H32N4O4S/c1-34-24-18-23(19-25(35-2)27(24)36-3)28-30-33(29(38)37-28)20-31-14-16-32(17-15-31)26(21-10-6-4-7-11-21)22-12-8-5-9-13-22/h4-13,18-19,26H,14-17,20H2,1-3H3. The van der Waals surface area contributed by atoms with Gasteiger partial charge in [-0.3, -0.25) is 9.80 Å². The fourth-order valence-electron chi connectivity index (χ4n) is 4.95. The zero-order valence-corrected chi connectivity index (χ0v) is 22.7. The number of nitrogens with zero attached hydrogens (tertiary/aromatic N) is 4. The van der Waals surface area contributed by atoms with Crippen molar-refractivity contribution in [3.63, 3.8) is 0 Å². The van der Waals surface area contributed by atoms with Crippen molar-refractivity contribution >= 4 is 12.2 Å². The fraction of sp³-hybridized carbons (Fsp3) is 0.310. The Morgan fingerprint density at radius 1 is 0.816 bits per heavy atom. The lowest BCUT2D eigenvalue weighted by molar-refractivity contribution is 0.0838. The van der Waals surface area contributed by atoms with Gasteiger partial charge in [-0.15, -0.1) is 5.10 Å². The molecule has 8 nitrogen and oxygen atoms in total. The first-order valence-electron chi connectivity index (χ1n) is 12.6. The van der Waals surface area contributed by atoms with Crippen molar-refractivity contribution in [3.8, 4) is 28.7 Å². The van der Waals surface area contributed by atoms with Gasteiger partial charge in [-0.2, -0.15) is 0 Å². The van der Waals surface area contributed by atoms with Crippen LogP contribution < -0.4 is 14.2 Å². The van der Waals surface area contributed by atoms with Crippen molar-refractivity contribution in [2.75, 3.05) is 47.5 Å². The highest BCUT2D eigenvalue weighted by Gasteiger charge is 2.27. The van der Waals surface area contributed by atoms with E-state index in [2.05, 4.69) is 75.6 Å². The Kier molecular flexibility index (Phi) is 8.07. The normalized spacial score (nSPS) is 14.5. The van der Waals surface area contributed by atoms with E-state index in [4.69, 9.17) is 30.8 Å². The number of rotatable bonds is 9. The van der Waals surface area contributed by atoms with Crippen LogP contribution in [-0.2, 0) is 6.67 Å². The molecule has 1 aliphatic heterocycles. The molecule has 1 aliphatic rings. The van der Waals surface area contributed by atoms with Gasteiger partial charge in [0.2, 0.25) is 11.6 Å². The zero-order chi connectivity index (χ0) is 26.5. The molecule has 9 heteroatoms. The minimum Gasteiger partial charge on any atom is -0.493 e. The first kappa shape index (κ1) is 26.0. The largest absolute Gasteiger partial charge is 0.493 e. The molecule has 3 aromatic carbocycles. The molecule has 0 N–H and O–H groups in total. The van der Waals surface area contributed by atoms with Crippen molar-refractivity contribution in [1.82, 2.24) is 19.6 Å². The van der Waals surface area contributed by atoms with Gasteiger partial charge in [-0.25, -0.2) is 4.68 Å². The van der Waals surface area contributed by atoms with Gasteiger partial charge < -0.3 is 18.6 Å². The van der Waals surface area contributed by atoms with Gasteiger partial charge in [0.05, 0.1) is 34.0 Å². The van der Waals surface area contributed by atoms with Crippen molar-refractivity contribution in [3.05, 3.63) is 88.8 Å². The summed E-state index contributed by atoms with van der Waals surface area (Å²) in [5.74, 6) is 1.97. The fourth-order valence-corrected chi connectivity index (χ4v) is 5.13. The molecule has 0 spiro atoms. The summed E-state index contributed by atoms with van der Waals surface area (Å²) in [4.78, 5) is 5.22. The van der Waals surface area contributed by atoms with Gasteiger partial charge in [-0.1, -0.05) is 60.7 Å². The maximum Gasteiger partial charge on any atom is 0.288 e. The third kappa shape index (κ3) is 5.45. The van der Waals surface area contributed by atoms with Gasteiger partial charge in [0.15, 0.2) is 11.5 Å². The molecule has 0 aliphatic carbocycles. The van der Waals surface area contributed by atoms with Crippen LogP contribution >= 0.6 is 12.2 Å². The van der Waals surface area contributed by atoms with E-state index in [1.165, 1.54) is 11.1 Å². The molecule has 1 saturated heterocycles. The Labute approximate surface area is 228 Å². The maximum absolute atomic E-state index is 5.87. The second-order valence-corrected chi connectivity index (χ2v) is 9.46. The van der Waals surface area contributed by atoms with Crippen LogP contribution in [0.15, 0.2) is 77.2 Å². The number of aromatic nitrogens is 2. The average Bonchev–Trinajstić information content (AvgIpc) is 3.34. The minimum atomic E-state index is 0.223. The summed E-state index contributed by atoms with van der Waals surface area (Å²) in [6.07, 6.45) is 0. The summed E-state index contributed by atoms with van der Waals surface area (Å²) in [7, 11) is 4.73. The molecule has 38 heavy (non-hydrogen) atoms. The van der Waals surface area contributed by atoms with Crippen LogP contribution in [-0.4, -0.2) is 67.1 Å². The first-order chi connectivity index (χ1) is 18.6. The smallest absolute Gasteiger partial charge is 0.288 e. The summed E-state index contributed by atoms with van der Waals surface area (Å²) in [6, 6.07) is 25.3. The van der Waals surface area contributed by atoms with Gasteiger partial charge in [0.1, 0.15) is 0 Å². The third-order valence-corrected chi connectivity index (χ3v) is 7.15. The summed E-state index contributed by atoms with van der Waals surface area (Å²) in [5, 5.41) is 4.67. The van der Waals surface area contributed by atoms with Gasteiger partial charge >= 0.3 is 0 Å². The minimum absolute atomic E-state index is 0.223. The molecule has 0 saturated carbocycles. The van der Waals surface area contributed by atoms with Crippen LogP contribution in [0.3, 0.4) is 0 Å². The van der Waals surface area contributed by atoms with Gasteiger partial charge in [0.25, 0.3) is 4.84 Å². The first-order valence-corrected chi connectivity index (χ1v) is 13.0. The van der Waals surface area contributed by atoms with E-state index >= 15 is 0 Å². The summed E-state index contributed by atoms with van der Waals surface area (Å²) in [6.45, 7) is 4.20. The van der Waals surface area contributed by atoms with Crippen LogP contribution in [0.4, 0.5) is 0 Å². The van der Waals surface area contributed by atoms with Crippen molar-refractivity contribution in [1.29, 1.82) is 0 Å². The molecule has 0 amide bonds. The monoisotopic (exact) mass is 532 g/mol. The molecular weight excluding hydrogens is 500 g/mol. The lowest BCUT2D eigenvalue weighted by Gasteiger charge is -2.39. The SMILES string of the molecule is COc1cc(-c2nn(CN3CCN(C(c4ccccc4)c4ccccc4)CC3)c(=S)o2)cc(OC)c1OC. The van der Waals surface area contributed by atoms with Gasteiger partial charge in [0, 0.05) is 31.7 Å². The molecule has 2 heterocycles. The Hall–Kier alpha value is -3.66. The van der Waals surface area contributed by atoms with Crippen LogP contribution in [0.5, 0.6) is 17.2 Å². The van der Waals surface area contributed by atoms with E-state index in [0.717, 1.165) is 26.2 Å². The highest BCUT2D eigenvalue weighted by Crippen LogP contribution is 2.41. The molecule has 5 rings (SSSR count). The lowest BCUT2D eigenvalue weighted by Crippen LogP contribution is -2.48. The van der Waals surface area contributed by atoms with Crippen LogP contribution in [0.25, 0.3) is 11.5 Å². The second-order valence-electron chi connectivity index (χ2n) is 9.11. The number of methoxy groups -OCH3 is 3. The number of hydrogen-bond donors (Lipinski definition) is 0. The molecule has 0 atom stereocenters. The topological polar surface area (TPSA) is 65.1 Å². The molecule has 4 aromatic rings. The van der Waals surface area contributed by atoms with Crippen LogP contribution in [0.2, 0.25) is 0 Å².